The molecule has 0 amide bonds. The minimum atomic E-state index is -2.00. The number of aliphatic hydroxyl groups is 1. The van der Waals surface area contributed by atoms with Crippen LogP contribution in [0, 0.1) is 0 Å². The number of carbonyl (C=O) groups is 1. The number of ether oxygens (including phenoxy) is 2. The fourth-order valence-corrected chi connectivity index (χ4v) is 3.58. The third-order valence-corrected chi connectivity index (χ3v) is 4.75. The predicted octanol–water partition coefficient (Wildman–Crippen LogP) is 3.62. The summed E-state index contributed by atoms with van der Waals surface area (Å²) in [5.41, 5.74) is 2.00. The van der Waals surface area contributed by atoms with Gasteiger partial charge in [0.15, 0.2) is 0 Å². The van der Waals surface area contributed by atoms with Gasteiger partial charge >= 0.3 is 11.8 Å². The Morgan fingerprint density at radius 1 is 1.08 bits per heavy atom. The average Bonchev–Trinajstić information content (AvgIpc) is 2.67. The van der Waals surface area contributed by atoms with E-state index in [4.69, 9.17) is 9.47 Å². The molecule has 2 atom stereocenters. The Balaban J connectivity index is 1.96. The third kappa shape index (κ3) is 2.55. The molecule has 0 bridgehead atoms. The minimum Gasteiger partial charge on any atom is -0.464 e. The van der Waals surface area contributed by atoms with Crippen LogP contribution in [0.3, 0.4) is 0 Å². The number of esters is 1. The van der Waals surface area contributed by atoms with Crippen molar-refractivity contribution in [1.29, 1.82) is 0 Å². The number of benzene rings is 3. The molecule has 126 valence electrons. The molecule has 0 unspecified atom stereocenters. The highest BCUT2D eigenvalue weighted by atomic mass is 16.7. The Morgan fingerprint density at radius 2 is 1.80 bits per heavy atom. The lowest BCUT2D eigenvalue weighted by Crippen LogP contribution is -2.49. The lowest BCUT2D eigenvalue weighted by molar-refractivity contribution is -0.203. The van der Waals surface area contributed by atoms with Crippen molar-refractivity contribution in [1.82, 2.24) is 0 Å². The van der Waals surface area contributed by atoms with Crippen molar-refractivity contribution in [3.05, 3.63) is 77.9 Å². The normalized spacial score (nSPS) is 22.1. The van der Waals surface area contributed by atoms with Gasteiger partial charge in [-0.1, -0.05) is 60.7 Å². The van der Waals surface area contributed by atoms with Gasteiger partial charge in [0.05, 0.1) is 7.11 Å². The van der Waals surface area contributed by atoms with E-state index < -0.39 is 11.8 Å². The van der Waals surface area contributed by atoms with Crippen molar-refractivity contribution in [2.75, 3.05) is 7.11 Å². The van der Waals surface area contributed by atoms with Crippen molar-refractivity contribution in [3.63, 3.8) is 0 Å². The highest BCUT2D eigenvalue weighted by Crippen LogP contribution is 2.47. The Morgan fingerprint density at radius 3 is 2.56 bits per heavy atom. The first-order valence-electron chi connectivity index (χ1n) is 8.19. The molecule has 3 aromatic carbocycles. The van der Waals surface area contributed by atoms with Crippen LogP contribution >= 0.6 is 0 Å². The summed E-state index contributed by atoms with van der Waals surface area (Å²) in [5, 5.41) is 12.9. The van der Waals surface area contributed by atoms with Gasteiger partial charge in [-0.25, -0.2) is 4.79 Å². The summed E-state index contributed by atoms with van der Waals surface area (Å²) in [7, 11) is 1.25. The van der Waals surface area contributed by atoms with Crippen LogP contribution in [0.2, 0.25) is 0 Å². The van der Waals surface area contributed by atoms with Gasteiger partial charge in [0, 0.05) is 17.9 Å². The van der Waals surface area contributed by atoms with E-state index in [0.717, 1.165) is 21.9 Å². The van der Waals surface area contributed by atoms with Crippen LogP contribution in [0.4, 0.5) is 0 Å². The second-order valence-electron chi connectivity index (χ2n) is 6.24. The molecule has 1 aliphatic heterocycles. The lowest BCUT2D eigenvalue weighted by Gasteiger charge is -2.37. The quantitative estimate of drug-likeness (QED) is 0.727. The first-order chi connectivity index (χ1) is 12.1. The fraction of sp³-hybridized carbons (Fsp3) is 0.190. The number of carbonyl (C=O) groups excluding carboxylic acids is 1. The molecular formula is C21H18O4. The molecular weight excluding hydrogens is 316 g/mol. The summed E-state index contributed by atoms with van der Waals surface area (Å²) in [6, 6.07) is 21.6. The summed E-state index contributed by atoms with van der Waals surface area (Å²) in [6.45, 7) is 0. The molecule has 0 aromatic heterocycles. The van der Waals surface area contributed by atoms with E-state index in [-0.39, 0.29) is 12.3 Å². The average molecular weight is 334 g/mol. The van der Waals surface area contributed by atoms with Crippen LogP contribution in [0.25, 0.3) is 10.8 Å². The van der Waals surface area contributed by atoms with Gasteiger partial charge in [0.1, 0.15) is 5.75 Å². The lowest BCUT2D eigenvalue weighted by atomic mass is 9.80. The summed E-state index contributed by atoms with van der Waals surface area (Å²) in [5.74, 6) is -2.45. The summed E-state index contributed by atoms with van der Waals surface area (Å²) in [4.78, 5) is 12.1. The second-order valence-corrected chi connectivity index (χ2v) is 6.24. The summed E-state index contributed by atoms with van der Waals surface area (Å²) < 4.78 is 10.5. The van der Waals surface area contributed by atoms with Crippen molar-refractivity contribution in [3.8, 4) is 5.75 Å². The van der Waals surface area contributed by atoms with Crippen LogP contribution in [-0.2, 0) is 9.53 Å². The van der Waals surface area contributed by atoms with Crippen molar-refractivity contribution in [2.45, 2.75) is 18.1 Å². The highest BCUT2D eigenvalue weighted by Gasteiger charge is 2.47. The Bertz CT molecular complexity index is 935. The van der Waals surface area contributed by atoms with Gasteiger partial charge in [-0.2, -0.15) is 0 Å². The van der Waals surface area contributed by atoms with Crippen LogP contribution in [0.5, 0.6) is 5.75 Å². The van der Waals surface area contributed by atoms with Crippen LogP contribution < -0.4 is 4.74 Å². The Kier molecular flexibility index (Phi) is 3.70. The molecule has 0 spiro atoms. The molecule has 0 saturated carbocycles. The van der Waals surface area contributed by atoms with Gasteiger partial charge in [-0.05, 0) is 22.4 Å². The maximum atomic E-state index is 12.1. The van der Waals surface area contributed by atoms with Crippen molar-refractivity contribution in [2.24, 2.45) is 0 Å². The zero-order chi connectivity index (χ0) is 17.4. The van der Waals surface area contributed by atoms with Crippen molar-refractivity contribution >= 4 is 16.7 Å². The van der Waals surface area contributed by atoms with E-state index >= 15 is 0 Å². The molecule has 0 aliphatic carbocycles. The molecule has 1 N–H and O–H groups in total. The monoisotopic (exact) mass is 334 g/mol. The highest BCUT2D eigenvalue weighted by molar-refractivity contribution is 5.90. The van der Waals surface area contributed by atoms with E-state index in [1.165, 1.54) is 7.11 Å². The molecule has 0 saturated heterocycles. The summed E-state index contributed by atoms with van der Waals surface area (Å²) in [6.07, 6.45) is 0.102. The van der Waals surface area contributed by atoms with E-state index in [9.17, 15) is 9.90 Å². The molecule has 4 nitrogen and oxygen atoms in total. The maximum Gasteiger partial charge on any atom is 0.379 e. The topological polar surface area (TPSA) is 55.8 Å². The standard InChI is InChI=1S/C21H18O4/c1-24-20(22)21(23)13-17(14-7-3-2-4-8-14)19-16-10-6-5-9-15(16)11-12-18(19)25-21/h2-12,17,23H,13H2,1H3/t17-,21+/m0/s1. The summed E-state index contributed by atoms with van der Waals surface area (Å²) >= 11 is 0. The smallest absolute Gasteiger partial charge is 0.379 e. The first kappa shape index (κ1) is 15.7. The van der Waals surface area contributed by atoms with Crippen molar-refractivity contribution < 1.29 is 19.4 Å². The molecule has 4 rings (SSSR count). The van der Waals surface area contributed by atoms with E-state index in [2.05, 4.69) is 0 Å². The molecule has 3 aromatic rings. The van der Waals surface area contributed by atoms with E-state index in [1.807, 2.05) is 60.7 Å². The van der Waals surface area contributed by atoms with Crippen LogP contribution in [0.1, 0.15) is 23.5 Å². The fourth-order valence-electron chi connectivity index (χ4n) is 3.58. The van der Waals surface area contributed by atoms with Gasteiger partial charge < -0.3 is 14.6 Å². The zero-order valence-corrected chi connectivity index (χ0v) is 13.8. The Labute approximate surface area is 145 Å². The largest absolute Gasteiger partial charge is 0.464 e. The first-order valence-corrected chi connectivity index (χ1v) is 8.19. The third-order valence-electron chi connectivity index (χ3n) is 4.75. The van der Waals surface area contributed by atoms with Gasteiger partial charge in [-0.3, -0.25) is 0 Å². The molecule has 1 heterocycles. The number of methoxy groups -OCH3 is 1. The van der Waals surface area contributed by atoms with Gasteiger partial charge in [0.25, 0.3) is 0 Å². The van der Waals surface area contributed by atoms with E-state index in [1.54, 1.807) is 6.07 Å². The maximum absolute atomic E-state index is 12.1. The number of hydrogen-bond donors (Lipinski definition) is 1. The minimum absolute atomic E-state index is 0.102. The number of hydrogen-bond acceptors (Lipinski definition) is 4. The number of fused-ring (bicyclic) bond motifs is 3. The predicted molar refractivity (Wildman–Crippen MR) is 94.4 cm³/mol. The SMILES string of the molecule is COC(=O)[C@@]1(O)C[C@@H](c2ccccc2)c2c(ccc3ccccc23)O1. The Hall–Kier alpha value is -2.85. The molecule has 0 radical (unpaired) electrons. The van der Waals surface area contributed by atoms with Gasteiger partial charge in [-0.15, -0.1) is 0 Å². The molecule has 1 aliphatic rings. The van der Waals surface area contributed by atoms with E-state index in [0.29, 0.717) is 5.75 Å². The number of rotatable bonds is 2. The van der Waals surface area contributed by atoms with Gasteiger partial charge in [0.2, 0.25) is 0 Å². The van der Waals surface area contributed by atoms with Crippen LogP contribution in [-0.4, -0.2) is 24.0 Å². The second kappa shape index (κ2) is 5.90. The zero-order valence-electron chi connectivity index (χ0n) is 13.8. The molecule has 0 fully saturated rings. The van der Waals surface area contributed by atoms with Crippen LogP contribution in [0.15, 0.2) is 66.7 Å². The molecule has 4 heteroatoms. The molecule has 25 heavy (non-hydrogen) atoms.